The largest absolute Gasteiger partial charge is 0.309 e. The Hall–Kier alpha value is -2.34. The van der Waals surface area contributed by atoms with Crippen LogP contribution < -0.4 is 5.32 Å². The summed E-state index contributed by atoms with van der Waals surface area (Å²) in [7, 11) is 0. The van der Waals surface area contributed by atoms with E-state index in [-0.39, 0.29) is 0 Å². The van der Waals surface area contributed by atoms with Crippen molar-refractivity contribution in [3.8, 4) is 0 Å². The Morgan fingerprint density at radius 1 is 1.16 bits per heavy atom. The van der Waals surface area contributed by atoms with Crippen LogP contribution in [0.15, 0.2) is 42.7 Å². The summed E-state index contributed by atoms with van der Waals surface area (Å²) >= 11 is 0. The van der Waals surface area contributed by atoms with Gasteiger partial charge in [0.25, 0.3) is 0 Å². The summed E-state index contributed by atoms with van der Waals surface area (Å²) in [6.45, 7) is 1.07. The Balaban J connectivity index is 1.93. The minimum atomic E-state index is -0.812. The number of hydrogen-bond donors (Lipinski definition) is 1. The Morgan fingerprint density at radius 2 is 1.84 bits per heavy atom. The molecule has 0 radical (unpaired) electrons. The Kier molecular flexibility index (Phi) is 4.15. The van der Waals surface area contributed by atoms with E-state index < -0.39 is 16.4 Å². The lowest BCUT2D eigenvalue weighted by Gasteiger charge is -2.05. The molecule has 5 nitrogen and oxygen atoms in total. The first-order valence-electron chi connectivity index (χ1n) is 5.69. The lowest BCUT2D eigenvalue weighted by atomic mass is 10.2. The van der Waals surface area contributed by atoms with Crippen LogP contribution in [0.25, 0.3) is 0 Å². The highest BCUT2D eigenvalue weighted by Gasteiger charge is 2.13. The maximum Gasteiger partial charge on any atom is 0.304 e. The van der Waals surface area contributed by atoms with Crippen molar-refractivity contribution in [3.63, 3.8) is 0 Å². The predicted octanol–water partition coefficient (Wildman–Crippen LogP) is 2.42. The number of benzene rings is 1. The first-order chi connectivity index (χ1) is 9.16. The molecule has 98 valence electrons. The van der Waals surface area contributed by atoms with Gasteiger partial charge in [0.15, 0.2) is 0 Å². The van der Waals surface area contributed by atoms with Gasteiger partial charge in [-0.05, 0) is 29.3 Å². The highest BCUT2D eigenvalue weighted by Crippen LogP contribution is 2.17. The van der Waals surface area contributed by atoms with Gasteiger partial charge in [-0.1, -0.05) is 6.07 Å². The minimum absolute atomic E-state index is 0.442. The zero-order chi connectivity index (χ0) is 13.7. The molecule has 6 heteroatoms. The van der Waals surface area contributed by atoms with Gasteiger partial charge in [0, 0.05) is 31.5 Å². The molecule has 1 N–H and O–H groups in total. The third-order valence-electron chi connectivity index (χ3n) is 2.62. The quantitative estimate of drug-likeness (QED) is 0.663. The molecule has 19 heavy (non-hydrogen) atoms. The Bertz CT molecular complexity index is 575. The second-order valence-corrected chi connectivity index (χ2v) is 4.00. The fraction of sp³-hybridized carbons (Fsp3) is 0.154. The van der Waals surface area contributed by atoms with Gasteiger partial charge in [-0.25, -0.2) is 0 Å². The van der Waals surface area contributed by atoms with E-state index in [4.69, 9.17) is 0 Å². The molecule has 0 unspecified atom stereocenters. The summed E-state index contributed by atoms with van der Waals surface area (Å²) in [4.78, 5) is 13.7. The number of nitrogens with zero attached hydrogens (tertiary/aromatic N) is 2. The lowest BCUT2D eigenvalue weighted by Crippen LogP contribution is -2.12. The molecule has 0 fully saturated rings. The van der Waals surface area contributed by atoms with Gasteiger partial charge in [0.1, 0.15) is 0 Å². The summed E-state index contributed by atoms with van der Waals surface area (Å²) in [6, 6.07) is 7.66. The summed E-state index contributed by atoms with van der Waals surface area (Å²) < 4.78 is 13.4. The number of nitro benzene ring substituents is 1. The molecule has 1 aromatic carbocycles. The van der Waals surface area contributed by atoms with E-state index in [9.17, 15) is 14.5 Å². The molecule has 0 saturated carbocycles. The van der Waals surface area contributed by atoms with Gasteiger partial charge in [0.2, 0.25) is 5.82 Å². The smallest absolute Gasteiger partial charge is 0.304 e. The average Bonchev–Trinajstić information content (AvgIpc) is 2.39. The fourth-order valence-corrected chi connectivity index (χ4v) is 1.66. The molecule has 0 aliphatic rings. The second-order valence-electron chi connectivity index (χ2n) is 4.00. The van der Waals surface area contributed by atoms with Gasteiger partial charge in [-0.15, -0.1) is 0 Å². The van der Waals surface area contributed by atoms with Crippen LogP contribution in [0.1, 0.15) is 11.1 Å². The number of rotatable bonds is 5. The number of pyridine rings is 1. The second kappa shape index (κ2) is 6.01. The molecule has 2 aromatic rings. The van der Waals surface area contributed by atoms with Crippen molar-refractivity contribution < 1.29 is 9.31 Å². The lowest BCUT2D eigenvalue weighted by molar-refractivity contribution is -0.387. The Morgan fingerprint density at radius 3 is 2.47 bits per heavy atom. The van der Waals surface area contributed by atoms with E-state index in [1.165, 1.54) is 12.1 Å². The van der Waals surface area contributed by atoms with E-state index in [2.05, 4.69) is 10.3 Å². The van der Waals surface area contributed by atoms with Crippen LogP contribution >= 0.6 is 0 Å². The molecule has 1 aromatic heterocycles. The van der Waals surface area contributed by atoms with Crippen LogP contribution in [-0.2, 0) is 13.1 Å². The summed E-state index contributed by atoms with van der Waals surface area (Å²) in [5, 5.41) is 13.6. The van der Waals surface area contributed by atoms with Crippen LogP contribution in [0.4, 0.5) is 10.1 Å². The number of nitro groups is 1. The molecule has 0 atom stereocenters. The first kappa shape index (κ1) is 13.1. The van der Waals surface area contributed by atoms with Crippen molar-refractivity contribution in [1.29, 1.82) is 0 Å². The minimum Gasteiger partial charge on any atom is -0.309 e. The van der Waals surface area contributed by atoms with Crippen molar-refractivity contribution in [1.82, 2.24) is 10.3 Å². The van der Waals surface area contributed by atoms with Crippen molar-refractivity contribution in [3.05, 3.63) is 69.8 Å². The molecule has 0 saturated heterocycles. The van der Waals surface area contributed by atoms with Crippen molar-refractivity contribution >= 4 is 5.69 Å². The monoisotopic (exact) mass is 261 g/mol. The van der Waals surface area contributed by atoms with Crippen molar-refractivity contribution in [2.24, 2.45) is 0 Å². The van der Waals surface area contributed by atoms with Gasteiger partial charge in [0.05, 0.1) is 4.92 Å². The van der Waals surface area contributed by atoms with Gasteiger partial charge in [-0.2, -0.15) is 4.39 Å². The topological polar surface area (TPSA) is 68.1 Å². The molecule has 0 spiro atoms. The highest BCUT2D eigenvalue weighted by molar-refractivity contribution is 5.34. The van der Waals surface area contributed by atoms with Gasteiger partial charge in [-0.3, -0.25) is 15.1 Å². The van der Waals surface area contributed by atoms with Gasteiger partial charge < -0.3 is 5.32 Å². The standard InChI is InChI=1S/C13H12FN3O2/c14-12-7-11(1-2-13(12)17(18)19)9-16-8-10-3-5-15-6-4-10/h1-7,16H,8-9H2. The third-order valence-corrected chi connectivity index (χ3v) is 2.62. The number of halogens is 1. The summed E-state index contributed by atoms with van der Waals surface area (Å²) in [5.74, 6) is -0.812. The molecule has 0 aliphatic heterocycles. The molecule has 0 aliphatic carbocycles. The predicted molar refractivity (Wildman–Crippen MR) is 67.8 cm³/mol. The molecule has 0 amide bonds. The van der Waals surface area contributed by atoms with E-state index in [1.807, 2.05) is 12.1 Å². The van der Waals surface area contributed by atoms with E-state index in [1.54, 1.807) is 18.5 Å². The molecule has 1 heterocycles. The van der Waals surface area contributed by atoms with Crippen molar-refractivity contribution in [2.45, 2.75) is 13.1 Å². The molecule has 0 bridgehead atoms. The van der Waals surface area contributed by atoms with Crippen LogP contribution in [0.3, 0.4) is 0 Å². The van der Waals surface area contributed by atoms with Crippen LogP contribution in [0.5, 0.6) is 0 Å². The Labute approximate surface area is 109 Å². The number of nitrogens with one attached hydrogen (secondary N) is 1. The molecular weight excluding hydrogens is 249 g/mol. The SMILES string of the molecule is O=[N+]([O-])c1ccc(CNCc2ccncc2)cc1F. The van der Waals surface area contributed by atoms with Crippen LogP contribution in [0.2, 0.25) is 0 Å². The summed E-state index contributed by atoms with van der Waals surface area (Å²) in [6.07, 6.45) is 3.39. The van der Waals surface area contributed by atoms with E-state index in [0.29, 0.717) is 18.7 Å². The molecule has 2 rings (SSSR count). The zero-order valence-corrected chi connectivity index (χ0v) is 10.0. The maximum absolute atomic E-state index is 13.4. The van der Waals surface area contributed by atoms with E-state index in [0.717, 1.165) is 5.56 Å². The van der Waals surface area contributed by atoms with Crippen molar-refractivity contribution in [2.75, 3.05) is 0 Å². The molecular formula is C13H12FN3O2. The summed E-state index contributed by atoms with van der Waals surface area (Å²) in [5.41, 5.74) is 1.23. The average molecular weight is 261 g/mol. The van der Waals surface area contributed by atoms with Gasteiger partial charge >= 0.3 is 5.69 Å². The van der Waals surface area contributed by atoms with E-state index >= 15 is 0 Å². The third kappa shape index (κ3) is 3.56. The highest BCUT2D eigenvalue weighted by atomic mass is 19.1. The number of aromatic nitrogens is 1. The first-order valence-corrected chi connectivity index (χ1v) is 5.69. The fourth-order valence-electron chi connectivity index (χ4n) is 1.66. The van der Waals surface area contributed by atoms with Crippen LogP contribution in [-0.4, -0.2) is 9.91 Å². The maximum atomic E-state index is 13.4. The van der Waals surface area contributed by atoms with Crippen LogP contribution in [0, 0.1) is 15.9 Å². The number of hydrogen-bond acceptors (Lipinski definition) is 4. The zero-order valence-electron chi connectivity index (χ0n) is 10.0. The normalized spacial score (nSPS) is 10.4.